The number of methoxy groups -OCH3 is 1. The number of esters is 1. The molecule has 0 fully saturated rings. The summed E-state index contributed by atoms with van der Waals surface area (Å²) in [4.78, 5) is 36.2. The number of carbonyl (C=O) groups is 2. The van der Waals surface area contributed by atoms with Crippen molar-refractivity contribution >= 4 is 35.1 Å². The average molecular weight is 398 g/mol. The maximum atomic E-state index is 12.3. The van der Waals surface area contributed by atoms with Gasteiger partial charge in [-0.1, -0.05) is 11.6 Å². The number of ether oxygens (including phenoxy) is 1. The van der Waals surface area contributed by atoms with Crippen molar-refractivity contribution in [1.29, 1.82) is 0 Å². The van der Waals surface area contributed by atoms with Crippen molar-refractivity contribution in [2.45, 2.75) is 6.54 Å². The van der Waals surface area contributed by atoms with E-state index < -0.39 is 5.97 Å². The Balaban J connectivity index is 1.73. The summed E-state index contributed by atoms with van der Waals surface area (Å²) in [6.45, 7) is 0.348. The SMILES string of the molecule is COC(=O)c1ccc(Cl)c(Nc2nccc(C(=O)NCc3ccncc3)n2)c1. The second-order valence-electron chi connectivity index (χ2n) is 5.61. The molecule has 0 aliphatic heterocycles. The van der Waals surface area contributed by atoms with Crippen LogP contribution in [0, 0.1) is 0 Å². The van der Waals surface area contributed by atoms with E-state index in [0.29, 0.717) is 22.8 Å². The van der Waals surface area contributed by atoms with Crippen molar-refractivity contribution in [3.05, 3.63) is 76.8 Å². The molecule has 2 aromatic heterocycles. The highest BCUT2D eigenvalue weighted by atomic mass is 35.5. The molecule has 8 nitrogen and oxygen atoms in total. The molecule has 2 N–H and O–H groups in total. The van der Waals surface area contributed by atoms with Gasteiger partial charge in [-0.2, -0.15) is 0 Å². The van der Waals surface area contributed by atoms with E-state index in [4.69, 9.17) is 16.3 Å². The lowest BCUT2D eigenvalue weighted by atomic mass is 10.2. The molecule has 1 aromatic carbocycles. The average Bonchev–Trinajstić information content (AvgIpc) is 2.74. The number of benzene rings is 1. The molecule has 0 aliphatic rings. The molecule has 2 heterocycles. The number of carbonyl (C=O) groups excluding carboxylic acids is 2. The Hall–Kier alpha value is -3.52. The van der Waals surface area contributed by atoms with Crippen molar-refractivity contribution < 1.29 is 14.3 Å². The van der Waals surface area contributed by atoms with E-state index in [0.717, 1.165) is 5.56 Å². The standard InChI is InChI=1S/C19H16ClN5O3/c1-28-18(27)13-2-3-14(20)16(10-13)25-19-22-9-6-15(24-19)17(26)23-11-12-4-7-21-8-5-12/h2-10H,11H2,1H3,(H,23,26)(H,22,24,25). The second kappa shape index (κ2) is 8.92. The largest absolute Gasteiger partial charge is 0.465 e. The third-order valence-electron chi connectivity index (χ3n) is 3.72. The number of anilines is 2. The molecular weight excluding hydrogens is 382 g/mol. The summed E-state index contributed by atoms with van der Waals surface area (Å²) >= 11 is 6.16. The smallest absolute Gasteiger partial charge is 0.337 e. The van der Waals surface area contributed by atoms with Crippen LogP contribution in [0.2, 0.25) is 5.02 Å². The summed E-state index contributed by atoms with van der Waals surface area (Å²) in [5, 5.41) is 6.05. The summed E-state index contributed by atoms with van der Waals surface area (Å²) in [5.41, 5.74) is 1.84. The van der Waals surface area contributed by atoms with Crippen LogP contribution in [-0.4, -0.2) is 33.9 Å². The zero-order chi connectivity index (χ0) is 19.9. The van der Waals surface area contributed by atoms with Gasteiger partial charge >= 0.3 is 5.97 Å². The van der Waals surface area contributed by atoms with Gasteiger partial charge in [0, 0.05) is 25.1 Å². The lowest BCUT2D eigenvalue weighted by Crippen LogP contribution is -2.24. The molecule has 0 radical (unpaired) electrons. The van der Waals surface area contributed by atoms with Gasteiger partial charge in [0.05, 0.1) is 23.4 Å². The van der Waals surface area contributed by atoms with Gasteiger partial charge in [-0.25, -0.2) is 14.8 Å². The molecule has 0 bridgehead atoms. The van der Waals surface area contributed by atoms with Gasteiger partial charge in [-0.15, -0.1) is 0 Å². The molecule has 3 rings (SSSR count). The van der Waals surface area contributed by atoms with Gasteiger partial charge < -0.3 is 15.4 Å². The first-order valence-corrected chi connectivity index (χ1v) is 8.59. The molecule has 28 heavy (non-hydrogen) atoms. The number of halogens is 1. The van der Waals surface area contributed by atoms with Gasteiger partial charge in [0.2, 0.25) is 5.95 Å². The van der Waals surface area contributed by atoms with Crippen LogP contribution < -0.4 is 10.6 Å². The molecule has 0 atom stereocenters. The Labute approximate surface area is 166 Å². The van der Waals surface area contributed by atoms with Crippen molar-refractivity contribution in [2.75, 3.05) is 12.4 Å². The van der Waals surface area contributed by atoms with Gasteiger partial charge in [0.1, 0.15) is 5.69 Å². The maximum Gasteiger partial charge on any atom is 0.337 e. The summed E-state index contributed by atoms with van der Waals surface area (Å²) < 4.78 is 4.70. The molecule has 142 valence electrons. The predicted molar refractivity (Wildman–Crippen MR) is 104 cm³/mol. The first kappa shape index (κ1) is 19.2. The van der Waals surface area contributed by atoms with Crippen LogP contribution in [-0.2, 0) is 11.3 Å². The van der Waals surface area contributed by atoms with Crippen LogP contribution in [0.5, 0.6) is 0 Å². The van der Waals surface area contributed by atoms with Gasteiger partial charge in [0.15, 0.2) is 0 Å². The second-order valence-corrected chi connectivity index (χ2v) is 6.02. The van der Waals surface area contributed by atoms with Crippen LogP contribution >= 0.6 is 11.6 Å². The highest BCUT2D eigenvalue weighted by Gasteiger charge is 2.12. The van der Waals surface area contributed by atoms with Crippen molar-refractivity contribution in [3.63, 3.8) is 0 Å². The number of pyridine rings is 1. The molecule has 0 saturated heterocycles. The fraction of sp³-hybridized carbons (Fsp3) is 0.105. The van der Waals surface area contributed by atoms with E-state index in [2.05, 4.69) is 25.6 Å². The lowest BCUT2D eigenvalue weighted by molar-refractivity contribution is 0.0600. The molecule has 0 aliphatic carbocycles. The molecule has 0 saturated carbocycles. The fourth-order valence-corrected chi connectivity index (χ4v) is 2.47. The zero-order valence-electron chi connectivity index (χ0n) is 14.8. The summed E-state index contributed by atoms with van der Waals surface area (Å²) in [6.07, 6.45) is 4.76. The van der Waals surface area contributed by atoms with E-state index in [1.54, 1.807) is 24.5 Å². The third kappa shape index (κ3) is 4.80. The van der Waals surface area contributed by atoms with E-state index in [9.17, 15) is 9.59 Å². The van der Waals surface area contributed by atoms with Crippen LogP contribution in [0.3, 0.4) is 0 Å². The van der Waals surface area contributed by atoms with E-state index in [1.807, 2.05) is 12.1 Å². The highest BCUT2D eigenvalue weighted by molar-refractivity contribution is 6.33. The topological polar surface area (TPSA) is 106 Å². The molecule has 1 amide bonds. The van der Waals surface area contributed by atoms with E-state index in [1.165, 1.54) is 25.4 Å². The molecular formula is C19H16ClN5O3. The van der Waals surface area contributed by atoms with Crippen molar-refractivity contribution in [2.24, 2.45) is 0 Å². The van der Waals surface area contributed by atoms with E-state index >= 15 is 0 Å². The number of hydrogen-bond acceptors (Lipinski definition) is 7. The minimum Gasteiger partial charge on any atom is -0.465 e. The first-order chi connectivity index (χ1) is 13.6. The minimum atomic E-state index is -0.495. The Morgan fingerprint density at radius 1 is 1.11 bits per heavy atom. The summed E-state index contributed by atoms with van der Waals surface area (Å²) in [5.74, 6) is -0.679. The minimum absolute atomic E-state index is 0.167. The monoisotopic (exact) mass is 397 g/mol. The number of amides is 1. The lowest BCUT2D eigenvalue weighted by Gasteiger charge is -2.10. The Kier molecular flexibility index (Phi) is 6.13. The van der Waals surface area contributed by atoms with E-state index in [-0.39, 0.29) is 17.5 Å². The number of hydrogen-bond donors (Lipinski definition) is 2. The Morgan fingerprint density at radius 2 is 1.89 bits per heavy atom. The number of aromatic nitrogens is 3. The maximum absolute atomic E-state index is 12.3. The first-order valence-electron chi connectivity index (χ1n) is 8.22. The number of nitrogens with zero attached hydrogens (tertiary/aromatic N) is 3. The molecule has 0 spiro atoms. The van der Waals surface area contributed by atoms with Gasteiger partial charge in [0.25, 0.3) is 5.91 Å². The van der Waals surface area contributed by atoms with Gasteiger partial charge in [-0.05, 0) is 42.0 Å². The quantitative estimate of drug-likeness (QED) is 0.616. The van der Waals surface area contributed by atoms with Crippen LogP contribution in [0.1, 0.15) is 26.4 Å². The normalized spacial score (nSPS) is 10.2. The Morgan fingerprint density at radius 3 is 2.64 bits per heavy atom. The molecule has 3 aromatic rings. The Bertz CT molecular complexity index is 998. The van der Waals surface area contributed by atoms with Crippen molar-refractivity contribution in [3.8, 4) is 0 Å². The predicted octanol–water partition coefficient (Wildman–Crippen LogP) is 2.99. The summed E-state index contributed by atoms with van der Waals surface area (Å²) in [7, 11) is 1.29. The fourth-order valence-electron chi connectivity index (χ4n) is 2.31. The van der Waals surface area contributed by atoms with Crippen molar-refractivity contribution in [1.82, 2.24) is 20.3 Å². The highest BCUT2D eigenvalue weighted by Crippen LogP contribution is 2.25. The third-order valence-corrected chi connectivity index (χ3v) is 4.05. The van der Waals surface area contributed by atoms with Crippen LogP contribution in [0.4, 0.5) is 11.6 Å². The molecule has 9 heteroatoms. The number of rotatable bonds is 6. The van der Waals surface area contributed by atoms with Crippen LogP contribution in [0.25, 0.3) is 0 Å². The zero-order valence-corrected chi connectivity index (χ0v) is 15.6. The summed E-state index contributed by atoms with van der Waals surface area (Å²) in [6, 6.07) is 9.74. The van der Waals surface area contributed by atoms with Gasteiger partial charge in [-0.3, -0.25) is 9.78 Å². The number of nitrogens with one attached hydrogen (secondary N) is 2. The van der Waals surface area contributed by atoms with Crippen LogP contribution in [0.15, 0.2) is 55.0 Å². The molecule has 0 unspecified atom stereocenters.